The van der Waals surface area contributed by atoms with E-state index in [2.05, 4.69) is 124 Å². The highest BCUT2D eigenvalue weighted by atomic mass is 15.0. The molecule has 2 aliphatic rings. The summed E-state index contributed by atoms with van der Waals surface area (Å²) < 4.78 is 2.42. The molecule has 0 radical (unpaired) electrons. The van der Waals surface area contributed by atoms with Crippen molar-refractivity contribution >= 4 is 67.7 Å². The molecule has 6 aromatic rings. The minimum absolute atomic E-state index is 0.188. The zero-order valence-corrected chi connectivity index (χ0v) is 18.4. The van der Waals surface area contributed by atoms with Gasteiger partial charge in [0.25, 0.3) is 6.71 Å². The van der Waals surface area contributed by atoms with Crippen molar-refractivity contribution in [2.24, 2.45) is 0 Å². The highest BCUT2D eigenvalue weighted by molar-refractivity contribution is 7.00. The molecule has 158 valence electrons. The Morgan fingerprint density at radius 2 is 1.06 bits per heavy atom. The summed E-state index contributed by atoms with van der Waals surface area (Å²) in [6.45, 7) is 0.188. The molecule has 1 aromatic heterocycles. The summed E-state index contributed by atoms with van der Waals surface area (Å²) in [6.07, 6.45) is 0. The van der Waals surface area contributed by atoms with E-state index < -0.39 is 0 Å². The fourth-order valence-electron chi connectivity index (χ4n) is 6.00. The molecular formula is C30H20BN3. The van der Waals surface area contributed by atoms with E-state index in [1.54, 1.807) is 0 Å². The monoisotopic (exact) mass is 433 g/mol. The quantitative estimate of drug-likeness (QED) is 0.339. The zero-order chi connectivity index (χ0) is 22.2. The molecule has 0 saturated heterocycles. The van der Waals surface area contributed by atoms with Gasteiger partial charge in [0.1, 0.15) is 0 Å². The maximum absolute atomic E-state index is 3.84. The van der Waals surface area contributed by atoms with Crippen molar-refractivity contribution in [3.63, 3.8) is 0 Å². The number of benzene rings is 5. The molecular weight excluding hydrogens is 413 g/mol. The van der Waals surface area contributed by atoms with Gasteiger partial charge in [-0.25, -0.2) is 0 Å². The Bertz CT molecular complexity index is 1720. The lowest BCUT2D eigenvalue weighted by molar-refractivity contribution is 1.18. The molecule has 0 saturated carbocycles. The highest BCUT2D eigenvalue weighted by Crippen LogP contribution is 2.38. The standard InChI is InChI=1S/C30H20BN3/c1-7-15-26-19(9-1)20-10-2-8-16-27(20)34(26)28-18-17-25-29-30(28)33-24-14-6-4-12-22(24)31(29)21-11-3-5-13-23(21)32-25/h1-18,32-33H. The summed E-state index contributed by atoms with van der Waals surface area (Å²) in [5, 5.41) is 10.1. The highest BCUT2D eigenvalue weighted by Gasteiger charge is 2.38. The SMILES string of the molecule is c1ccc2c(c1)Nc1ccc(-n3c4ccccc4c4ccccc43)c3c1B2c1ccccc1N3. The number of fused-ring (bicyclic) bond motifs is 7. The largest absolute Gasteiger partial charge is 0.356 e. The molecule has 0 spiro atoms. The summed E-state index contributed by atoms with van der Waals surface area (Å²) in [6, 6.07) is 39.3. The van der Waals surface area contributed by atoms with Gasteiger partial charge in [-0.1, -0.05) is 72.8 Å². The van der Waals surface area contributed by atoms with Gasteiger partial charge in [-0.2, -0.15) is 0 Å². The minimum Gasteiger partial charge on any atom is -0.356 e. The number of rotatable bonds is 1. The van der Waals surface area contributed by atoms with Crippen LogP contribution in [0.5, 0.6) is 0 Å². The summed E-state index contributed by atoms with van der Waals surface area (Å²) in [4.78, 5) is 0. The van der Waals surface area contributed by atoms with Gasteiger partial charge in [0.2, 0.25) is 0 Å². The van der Waals surface area contributed by atoms with Crippen LogP contribution in [0, 0.1) is 0 Å². The second-order valence-electron chi connectivity index (χ2n) is 9.15. The first-order chi connectivity index (χ1) is 16.9. The Morgan fingerprint density at radius 3 is 1.74 bits per heavy atom. The molecule has 34 heavy (non-hydrogen) atoms. The number of aromatic nitrogens is 1. The number of nitrogens with one attached hydrogen (secondary N) is 2. The number of nitrogens with zero attached hydrogens (tertiary/aromatic N) is 1. The predicted octanol–water partition coefficient (Wildman–Crippen LogP) is 5.41. The second kappa shape index (κ2) is 6.55. The van der Waals surface area contributed by atoms with Crippen molar-refractivity contribution in [1.29, 1.82) is 0 Å². The van der Waals surface area contributed by atoms with E-state index in [-0.39, 0.29) is 6.71 Å². The Morgan fingerprint density at radius 1 is 0.500 bits per heavy atom. The van der Waals surface area contributed by atoms with E-state index in [1.165, 1.54) is 66.6 Å². The fraction of sp³-hybridized carbons (Fsp3) is 0. The maximum Gasteiger partial charge on any atom is 0.252 e. The van der Waals surface area contributed by atoms with E-state index in [4.69, 9.17) is 0 Å². The van der Waals surface area contributed by atoms with Gasteiger partial charge in [0.15, 0.2) is 0 Å². The molecule has 0 aliphatic carbocycles. The molecule has 3 heterocycles. The zero-order valence-electron chi connectivity index (χ0n) is 18.4. The van der Waals surface area contributed by atoms with E-state index in [0.717, 1.165) is 0 Å². The van der Waals surface area contributed by atoms with Crippen LogP contribution in [-0.2, 0) is 0 Å². The molecule has 3 nitrogen and oxygen atoms in total. The normalized spacial score (nSPS) is 13.1. The van der Waals surface area contributed by atoms with Crippen LogP contribution in [0.3, 0.4) is 0 Å². The summed E-state index contributed by atoms with van der Waals surface area (Å²) in [5.74, 6) is 0. The van der Waals surface area contributed by atoms with E-state index in [1.807, 2.05) is 0 Å². The third-order valence-corrected chi connectivity index (χ3v) is 7.41. The molecule has 8 rings (SSSR count). The summed E-state index contributed by atoms with van der Waals surface area (Å²) in [7, 11) is 0. The van der Waals surface area contributed by atoms with Crippen molar-refractivity contribution in [1.82, 2.24) is 4.57 Å². The van der Waals surface area contributed by atoms with Gasteiger partial charge in [-0.05, 0) is 52.8 Å². The van der Waals surface area contributed by atoms with Crippen LogP contribution in [0.2, 0.25) is 0 Å². The number of hydrogen-bond donors (Lipinski definition) is 2. The van der Waals surface area contributed by atoms with Gasteiger partial charge in [-0.15, -0.1) is 0 Å². The topological polar surface area (TPSA) is 29.0 Å². The first-order valence-corrected chi connectivity index (χ1v) is 11.8. The van der Waals surface area contributed by atoms with Crippen LogP contribution in [0.1, 0.15) is 0 Å². The lowest BCUT2D eigenvalue weighted by Crippen LogP contribution is -2.59. The summed E-state index contributed by atoms with van der Waals surface area (Å²) >= 11 is 0. The van der Waals surface area contributed by atoms with Gasteiger partial charge >= 0.3 is 0 Å². The maximum atomic E-state index is 3.84. The Kier molecular flexibility index (Phi) is 3.48. The Balaban J connectivity index is 1.49. The van der Waals surface area contributed by atoms with Gasteiger partial charge in [-0.3, -0.25) is 0 Å². The van der Waals surface area contributed by atoms with Crippen LogP contribution < -0.4 is 27.0 Å². The molecule has 0 bridgehead atoms. The lowest BCUT2D eigenvalue weighted by atomic mass is 9.34. The Labute approximate surface area is 197 Å². The van der Waals surface area contributed by atoms with Crippen molar-refractivity contribution in [3.05, 3.63) is 109 Å². The number of para-hydroxylation sites is 4. The van der Waals surface area contributed by atoms with Gasteiger partial charge < -0.3 is 15.2 Å². The molecule has 5 aromatic carbocycles. The van der Waals surface area contributed by atoms with Crippen LogP contribution in [-0.4, -0.2) is 11.3 Å². The average molecular weight is 433 g/mol. The van der Waals surface area contributed by atoms with E-state index >= 15 is 0 Å². The minimum atomic E-state index is 0.188. The molecule has 0 atom stereocenters. The number of anilines is 4. The van der Waals surface area contributed by atoms with Crippen molar-refractivity contribution < 1.29 is 0 Å². The first-order valence-electron chi connectivity index (χ1n) is 11.8. The fourth-order valence-corrected chi connectivity index (χ4v) is 6.00. The molecule has 2 aliphatic heterocycles. The van der Waals surface area contributed by atoms with Gasteiger partial charge in [0.05, 0.1) is 22.4 Å². The molecule has 4 heteroatoms. The van der Waals surface area contributed by atoms with Crippen LogP contribution in [0.15, 0.2) is 109 Å². The van der Waals surface area contributed by atoms with Crippen LogP contribution >= 0.6 is 0 Å². The first kappa shape index (κ1) is 18.0. The third-order valence-electron chi connectivity index (χ3n) is 7.41. The predicted molar refractivity (Wildman–Crippen MR) is 145 cm³/mol. The van der Waals surface area contributed by atoms with Crippen molar-refractivity contribution in [2.75, 3.05) is 10.6 Å². The van der Waals surface area contributed by atoms with Gasteiger partial charge in [0, 0.05) is 27.8 Å². The third kappa shape index (κ3) is 2.27. The molecule has 2 N–H and O–H groups in total. The average Bonchev–Trinajstić information content (AvgIpc) is 3.23. The molecule has 0 unspecified atom stereocenters. The second-order valence-corrected chi connectivity index (χ2v) is 9.15. The molecule has 0 fully saturated rings. The lowest BCUT2D eigenvalue weighted by Gasteiger charge is -2.36. The van der Waals surface area contributed by atoms with Crippen molar-refractivity contribution in [2.45, 2.75) is 0 Å². The summed E-state index contributed by atoms with van der Waals surface area (Å²) in [5.41, 5.74) is 12.3. The molecule has 0 amide bonds. The van der Waals surface area contributed by atoms with Crippen LogP contribution in [0.25, 0.3) is 27.5 Å². The number of hydrogen-bond acceptors (Lipinski definition) is 2. The Hall–Kier alpha value is -4.44. The van der Waals surface area contributed by atoms with E-state index in [9.17, 15) is 0 Å². The van der Waals surface area contributed by atoms with E-state index in [0.29, 0.717) is 0 Å². The van der Waals surface area contributed by atoms with Crippen molar-refractivity contribution in [3.8, 4) is 5.69 Å². The smallest absolute Gasteiger partial charge is 0.252 e. The van der Waals surface area contributed by atoms with Crippen LogP contribution in [0.4, 0.5) is 22.7 Å².